The number of carbonyl (C=O) groups is 1. The van der Waals surface area contributed by atoms with Gasteiger partial charge >= 0.3 is 11.9 Å². The van der Waals surface area contributed by atoms with Gasteiger partial charge in [0.05, 0.1) is 15.8 Å². The van der Waals surface area contributed by atoms with Crippen LogP contribution in [0.1, 0.15) is 23.0 Å². The average Bonchev–Trinajstić information content (AvgIpc) is 3.38. The Balaban J connectivity index is 1.52. The minimum absolute atomic E-state index is 0.154. The smallest absolute Gasteiger partial charge is 0.346 e. The van der Waals surface area contributed by atoms with Gasteiger partial charge in [0.1, 0.15) is 11.5 Å². The second-order valence-corrected chi connectivity index (χ2v) is 7.48. The predicted octanol–water partition coefficient (Wildman–Crippen LogP) is 1.89. The lowest BCUT2D eigenvalue weighted by Gasteiger charge is -2.01. The summed E-state index contributed by atoms with van der Waals surface area (Å²) in [4.78, 5) is 18.9. The van der Waals surface area contributed by atoms with Gasteiger partial charge in [-0.2, -0.15) is 5.10 Å². The van der Waals surface area contributed by atoms with Crippen molar-refractivity contribution in [3.63, 3.8) is 0 Å². The van der Waals surface area contributed by atoms with E-state index < -0.39 is 0 Å². The van der Waals surface area contributed by atoms with E-state index >= 15 is 0 Å². The van der Waals surface area contributed by atoms with E-state index in [1.807, 2.05) is 49.4 Å². The van der Waals surface area contributed by atoms with Crippen molar-refractivity contribution in [1.82, 2.24) is 4.98 Å². The van der Waals surface area contributed by atoms with Gasteiger partial charge < -0.3 is 4.42 Å². The van der Waals surface area contributed by atoms with Crippen LogP contribution in [0.4, 0.5) is 5.13 Å². The summed E-state index contributed by atoms with van der Waals surface area (Å²) in [6.45, 7) is 1.84. The van der Waals surface area contributed by atoms with Crippen LogP contribution in [-0.4, -0.2) is 22.6 Å². The van der Waals surface area contributed by atoms with Crippen molar-refractivity contribution >= 4 is 44.3 Å². The Kier molecular flexibility index (Phi) is 5.27. The lowest BCUT2D eigenvalue weighted by atomic mass is 10.1. The first-order valence-corrected chi connectivity index (χ1v) is 9.87. The highest BCUT2D eigenvalue weighted by molar-refractivity contribution is 7.22. The first-order valence-electron chi connectivity index (χ1n) is 9.05. The number of amides is 1. The molecular weight excluding hydrogens is 400 g/mol. The maximum atomic E-state index is 12.1. The highest BCUT2D eigenvalue weighted by atomic mass is 32.1. The summed E-state index contributed by atoms with van der Waals surface area (Å²) in [6, 6.07) is 18.5. The molecule has 0 unspecified atom stereocenters. The Bertz CT molecular complexity index is 1250. The molecule has 0 aliphatic heterocycles. The Labute approximate surface area is 175 Å². The van der Waals surface area contributed by atoms with E-state index in [1.54, 1.807) is 18.2 Å². The summed E-state index contributed by atoms with van der Waals surface area (Å²) in [7, 11) is 0. The van der Waals surface area contributed by atoms with Gasteiger partial charge in [-0.15, -0.1) is 0 Å². The van der Waals surface area contributed by atoms with Crippen LogP contribution >= 0.6 is 11.3 Å². The largest absolute Gasteiger partial charge is 0.455 e. The van der Waals surface area contributed by atoms with Crippen LogP contribution in [0.5, 0.6) is 0 Å². The summed E-state index contributed by atoms with van der Waals surface area (Å²) < 4.78 is 7.01. The Morgan fingerprint density at radius 2 is 1.97 bits per heavy atom. The topological polar surface area (TPSA) is 134 Å². The Morgan fingerprint density at radius 1 is 1.13 bits per heavy atom. The van der Waals surface area contributed by atoms with Crippen LogP contribution in [0, 0.1) is 0 Å². The highest BCUT2D eigenvalue weighted by Gasteiger charge is 2.12. The van der Waals surface area contributed by atoms with Crippen molar-refractivity contribution in [1.29, 1.82) is 0 Å². The molecule has 9 heteroatoms. The van der Waals surface area contributed by atoms with Crippen molar-refractivity contribution in [2.75, 3.05) is 5.43 Å². The lowest BCUT2D eigenvalue weighted by Crippen LogP contribution is -2.81. The van der Waals surface area contributed by atoms with Crippen molar-refractivity contribution < 1.29 is 14.2 Å². The second-order valence-electron chi connectivity index (χ2n) is 6.45. The minimum Gasteiger partial charge on any atom is -0.455 e. The molecule has 0 fully saturated rings. The van der Waals surface area contributed by atoms with E-state index in [9.17, 15) is 4.79 Å². The van der Waals surface area contributed by atoms with E-state index in [0.29, 0.717) is 27.9 Å². The van der Waals surface area contributed by atoms with Gasteiger partial charge in [-0.05, 0) is 43.3 Å². The molecule has 4 aromatic rings. The minimum atomic E-state index is -0.388. The zero-order chi connectivity index (χ0) is 21.1. The van der Waals surface area contributed by atoms with Crippen LogP contribution in [0.25, 0.3) is 21.5 Å². The number of nitrogens with one attached hydrogen (secondary N) is 2. The van der Waals surface area contributed by atoms with E-state index in [2.05, 4.69) is 20.5 Å². The van der Waals surface area contributed by atoms with Gasteiger partial charge in [-0.25, -0.2) is 9.98 Å². The van der Waals surface area contributed by atoms with Gasteiger partial charge in [0, 0.05) is 5.56 Å². The quantitative estimate of drug-likeness (QED) is 0.222. The number of guanidine groups is 1. The molecule has 6 N–H and O–H groups in total. The lowest BCUT2D eigenvalue weighted by molar-refractivity contribution is -0.347. The van der Waals surface area contributed by atoms with Crippen LogP contribution in [0.15, 0.2) is 70.2 Å². The molecule has 0 saturated carbocycles. The third-order valence-corrected chi connectivity index (χ3v) is 5.18. The molecule has 1 amide bonds. The zero-order valence-electron chi connectivity index (χ0n) is 16.0. The van der Waals surface area contributed by atoms with E-state index in [0.717, 1.165) is 15.8 Å². The first kappa shape index (κ1) is 19.3. The number of rotatable bonds is 5. The molecule has 0 radical (unpaired) electrons. The summed E-state index contributed by atoms with van der Waals surface area (Å²) >= 11 is 1.53. The molecule has 8 nitrogen and oxygen atoms in total. The molecule has 4 rings (SSSR count). The van der Waals surface area contributed by atoms with Crippen LogP contribution in [0.2, 0.25) is 0 Å². The fourth-order valence-electron chi connectivity index (χ4n) is 2.81. The number of hydrogen-bond acceptors (Lipinski definition) is 6. The third kappa shape index (κ3) is 4.20. The van der Waals surface area contributed by atoms with Crippen molar-refractivity contribution in [2.45, 2.75) is 6.92 Å². The SMILES string of the molecule is C/C(=N/Nc1nc2ccccc2s1)c1ccc(-c2cccc(C(=O)[NH+]=C(N)N)c2)o1. The number of para-hydroxylation sites is 1. The molecule has 2 heterocycles. The van der Waals surface area contributed by atoms with Crippen LogP contribution < -0.4 is 21.9 Å². The normalized spacial score (nSPS) is 11.4. The van der Waals surface area contributed by atoms with E-state index in [1.165, 1.54) is 11.3 Å². The summed E-state index contributed by atoms with van der Waals surface area (Å²) in [5, 5.41) is 5.08. The molecule has 0 aliphatic carbocycles. The van der Waals surface area contributed by atoms with Crippen LogP contribution in [0.3, 0.4) is 0 Å². The molecule has 0 bridgehead atoms. The fraction of sp³-hybridized carbons (Fsp3) is 0.0476. The van der Waals surface area contributed by atoms with Gasteiger partial charge in [-0.3, -0.25) is 21.7 Å². The number of nitrogens with zero attached hydrogens (tertiary/aromatic N) is 2. The molecule has 150 valence electrons. The number of benzene rings is 2. The van der Waals surface area contributed by atoms with Gasteiger partial charge in [0.25, 0.3) is 0 Å². The second kappa shape index (κ2) is 8.18. The number of carbonyl (C=O) groups excluding carboxylic acids is 1. The summed E-state index contributed by atoms with van der Waals surface area (Å²) in [6.07, 6.45) is 0. The number of hydrogen-bond donors (Lipinski definition) is 4. The van der Waals surface area contributed by atoms with Crippen molar-refractivity contribution in [2.24, 2.45) is 16.6 Å². The highest BCUT2D eigenvalue weighted by Crippen LogP contribution is 2.26. The summed E-state index contributed by atoms with van der Waals surface area (Å²) in [5.41, 5.74) is 16.4. The number of fused-ring (bicyclic) bond motifs is 1. The first-order chi connectivity index (χ1) is 14.5. The number of hydrazone groups is 1. The maximum Gasteiger partial charge on any atom is 0.346 e. The standard InChI is InChI=1S/C21H18N6O2S/c1-12(26-27-21-24-15-7-2-3-8-18(15)30-21)16-9-10-17(29-16)13-5-4-6-14(11-13)19(28)25-20(22)23/h2-11H,1H3,(H,24,27)(H4,22,23,25,28)/p+1/b26-12-. The van der Waals surface area contributed by atoms with Crippen molar-refractivity contribution in [3.05, 3.63) is 72.0 Å². The molecule has 2 aromatic heterocycles. The molecule has 30 heavy (non-hydrogen) atoms. The Hall–Kier alpha value is -3.98. The number of nitrogens with two attached hydrogens (primary N) is 2. The van der Waals surface area contributed by atoms with Crippen molar-refractivity contribution in [3.8, 4) is 11.3 Å². The molecule has 0 aliphatic rings. The monoisotopic (exact) mass is 419 g/mol. The summed E-state index contributed by atoms with van der Waals surface area (Å²) in [5.74, 6) is 0.673. The molecule has 0 spiro atoms. The maximum absolute atomic E-state index is 12.1. The number of thiazole rings is 1. The molecule has 2 aromatic carbocycles. The van der Waals surface area contributed by atoms with Gasteiger partial charge in [0.15, 0.2) is 5.76 Å². The molecular formula is C21H19N6O2S+. The average molecular weight is 419 g/mol. The van der Waals surface area contributed by atoms with Gasteiger partial charge in [-0.1, -0.05) is 35.6 Å². The number of furan rings is 1. The van der Waals surface area contributed by atoms with Gasteiger partial charge in [0.2, 0.25) is 5.13 Å². The number of aromatic nitrogens is 1. The fourth-order valence-corrected chi connectivity index (χ4v) is 3.62. The Morgan fingerprint density at radius 3 is 2.77 bits per heavy atom. The molecule has 0 saturated heterocycles. The van der Waals surface area contributed by atoms with E-state index in [-0.39, 0.29) is 11.9 Å². The number of anilines is 1. The zero-order valence-corrected chi connectivity index (χ0v) is 16.9. The predicted molar refractivity (Wildman–Crippen MR) is 118 cm³/mol. The molecule has 0 atom stereocenters. The third-order valence-electron chi connectivity index (χ3n) is 4.24. The van der Waals surface area contributed by atoms with Crippen LogP contribution in [-0.2, 0) is 0 Å². The van der Waals surface area contributed by atoms with E-state index in [4.69, 9.17) is 15.9 Å².